The van der Waals surface area contributed by atoms with Crippen LogP contribution in [-0.4, -0.2) is 16.8 Å². The number of benzene rings is 2. The van der Waals surface area contributed by atoms with E-state index in [2.05, 4.69) is 15.8 Å². The van der Waals surface area contributed by atoms with Gasteiger partial charge in [0.2, 0.25) is 0 Å². The summed E-state index contributed by atoms with van der Waals surface area (Å²) in [5, 5.41) is 0.570. The maximum absolute atomic E-state index is 12.4. The first kappa shape index (κ1) is 16.7. The minimum Gasteiger partial charge on any atom is -0.267 e. The molecule has 2 aromatic carbocycles. The normalized spacial score (nSPS) is 10.1. The molecule has 2 N–H and O–H groups in total. The molecule has 25 heavy (non-hydrogen) atoms. The van der Waals surface area contributed by atoms with Gasteiger partial charge in [-0.1, -0.05) is 48.2 Å². The molecule has 1 heterocycles. The van der Waals surface area contributed by atoms with Gasteiger partial charge >= 0.3 is 0 Å². The Labute approximate surface area is 149 Å². The predicted molar refractivity (Wildman–Crippen MR) is 96.2 cm³/mol. The second-order valence-electron chi connectivity index (χ2n) is 5.05. The summed E-state index contributed by atoms with van der Waals surface area (Å²) in [6, 6.07) is 21.7. The highest BCUT2D eigenvalue weighted by Crippen LogP contribution is 2.28. The maximum Gasteiger partial charge on any atom is 0.272 e. The van der Waals surface area contributed by atoms with Crippen LogP contribution in [0.15, 0.2) is 88.9 Å². The van der Waals surface area contributed by atoms with E-state index in [4.69, 9.17) is 0 Å². The number of hydrazine groups is 1. The molecule has 3 aromatic rings. The van der Waals surface area contributed by atoms with E-state index in [9.17, 15) is 9.59 Å². The van der Waals surface area contributed by atoms with E-state index in [0.29, 0.717) is 16.2 Å². The summed E-state index contributed by atoms with van der Waals surface area (Å²) in [5.74, 6) is -0.800. The third-order valence-corrected chi connectivity index (χ3v) is 4.33. The molecule has 0 fully saturated rings. The van der Waals surface area contributed by atoms with Crippen LogP contribution in [0.25, 0.3) is 0 Å². The van der Waals surface area contributed by atoms with E-state index >= 15 is 0 Å². The maximum atomic E-state index is 12.4. The van der Waals surface area contributed by atoms with Gasteiger partial charge in [-0.15, -0.1) is 0 Å². The summed E-state index contributed by atoms with van der Waals surface area (Å²) in [6.45, 7) is 0. The van der Waals surface area contributed by atoms with Crippen molar-refractivity contribution in [3.63, 3.8) is 0 Å². The Morgan fingerprint density at radius 3 is 2.12 bits per heavy atom. The number of aromatic nitrogens is 1. The van der Waals surface area contributed by atoms with Crippen LogP contribution in [-0.2, 0) is 0 Å². The molecule has 0 spiro atoms. The Balaban J connectivity index is 1.69. The van der Waals surface area contributed by atoms with Gasteiger partial charge in [0.1, 0.15) is 5.03 Å². The predicted octanol–water partition coefficient (Wildman–Crippen LogP) is 3.31. The average Bonchev–Trinajstić information content (AvgIpc) is 2.68. The molecule has 2 amide bonds. The Kier molecular flexibility index (Phi) is 5.43. The van der Waals surface area contributed by atoms with Crippen LogP contribution in [0.5, 0.6) is 0 Å². The first-order valence-corrected chi connectivity index (χ1v) is 8.39. The van der Waals surface area contributed by atoms with Crippen molar-refractivity contribution in [3.8, 4) is 0 Å². The summed E-state index contributed by atoms with van der Waals surface area (Å²) in [5.41, 5.74) is 5.70. The summed E-state index contributed by atoms with van der Waals surface area (Å²) in [6.07, 6.45) is 1.63. The van der Waals surface area contributed by atoms with Gasteiger partial charge in [0, 0.05) is 16.7 Å². The van der Waals surface area contributed by atoms with Crippen LogP contribution < -0.4 is 10.9 Å². The van der Waals surface area contributed by atoms with Crippen LogP contribution in [0.1, 0.15) is 20.7 Å². The fourth-order valence-electron chi connectivity index (χ4n) is 2.09. The number of hydrogen-bond donors (Lipinski definition) is 2. The molecule has 0 atom stereocenters. The third-order valence-electron chi connectivity index (χ3n) is 3.30. The number of amides is 2. The molecule has 0 aliphatic rings. The highest BCUT2D eigenvalue weighted by atomic mass is 32.2. The summed E-state index contributed by atoms with van der Waals surface area (Å²) < 4.78 is 0. The monoisotopic (exact) mass is 349 g/mol. The van der Waals surface area contributed by atoms with Gasteiger partial charge < -0.3 is 0 Å². The summed E-state index contributed by atoms with van der Waals surface area (Å²) >= 11 is 1.39. The van der Waals surface area contributed by atoms with Crippen LogP contribution in [0.4, 0.5) is 0 Å². The van der Waals surface area contributed by atoms with E-state index in [1.807, 2.05) is 36.4 Å². The molecule has 1 aromatic heterocycles. The van der Waals surface area contributed by atoms with Crippen molar-refractivity contribution >= 4 is 23.6 Å². The molecule has 0 saturated heterocycles. The molecule has 0 bridgehead atoms. The van der Waals surface area contributed by atoms with E-state index in [-0.39, 0.29) is 5.91 Å². The van der Waals surface area contributed by atoms with E-state index in [0.717, 1.165) is 4.90 Å². The number of hydrogen-bond acceptors (Lipinski definition) is 4. The standard InChI is InChI=1S/C19H15N3O2S/c23-17(14-8-3-1-4-9-14)21-22-18(24)16-12-7-13-20-19(16)25-15-10-5-2-6-11-15/h1-13H,(H,21,23)(H,22,24). The van der Waals surface area contributed by atoms with Crippen molar-refractivity contribution in [3.05, 3.63) is 90.1 Å². The zero-order valence-electron chi connectivity index (χ0n) is 13.2. The zero-order chi connectivity index (χ0) is 17.5. The zero-order valence-corrected chi connectivity index (χ0v) is 14.0. The van der Waals surface area contributed by atoms with Crippen molar-refractivity contribution in [1.82, 2.24) is 15.8 Å². The fourth-order valence-corrected chi connectivity index (χ4v) is 2.99. The quantitative estimate of drug-likeness (QED) is 0.709. The van der Waals surface area contributed by atoms with Crippen molar-refractivity contribution in [2.75, 3.05) is 0 Å². The Morgan fingerprint density at radius 1 is 0.760 bits per heavy atom. The van der Waals surface area contributed by atoms with Crippen LogP contribution in [0.3, 0.4) is 0 Å². The largest absolute Gasteiger partial charge is 0.272 e. The second-order valence-corrected chi connectivity index (χ2v) is 6.11. The van der Waals surface area contributed by atoms with Gasteiger partial charge in [0.05, 0.1) is 5.56 Å². The number of nitrogens with zero attached hydrogens (tertiary/aromatic N) is 1. The number of carbonyl (C=O) groups excluding carboxylic acids is 2. The van der Waals surface area contributed by atoms with E-state index < -0.39 is 5.91 Å². The molecule has 6 heteroatoms. The lowest BCUT2D eigenvalue weighted by Crippen LogP contribution is -2.41. The first-order valence-electron chi connectivity index (χ1n) is 7.58. The molecule has 0 aliphatic carbocycles. The number of nitrogens with one attached hydrogen (secondary N) is 2. The van der Waals surface area contributed by atoms with Crippen molar-refractivity contribution in [1.29, 1.82) is 0 Å². The summed E-state index contributed by atoms with van der Waals surface area (Å²) in [4.78, 5) is 29.7. The lowest BCUT2D eigenvalue weighted by atomic mass is 10.2. The fraction of sp³-hybridized carbons (Fsp3) is 0. The van der Waals surface area contributed by atoms with Gasteiger partial charge in [-0.25, -0.2) is 4.98 Å². The minimum atomic E-state index is -0.421. The Bertz CT molecular complexity index is 870. The molecule has 3 rings (SSSR count). The van der Waals surface area contributed by atoms with E-state index in [1.165, 1.54) is 11.8 Å². The molecule has 0 radical (unpaired) electrons. The minimum absolute atomic E-state index is 0.380. The summed E-state index contributed by atoms with van der Waals surface area (Å²) in [7, 11) is 0. The topological polar surface area (TPSA) is 71.1 Å². The van der Waals surface area contributed by atoms with Crippen LogP contribution in [0, 0.1) is 0 Å². The lowest BCUT2D eigenvalue weighted by Gasteiger charge is -2.10. The molecule has 0 aliphatic heterocycles. The van der Waals surface area contributed by atoms with Gasteiger partial charge in [0.15, 0.2) is 0 Å². The Hall–Kier alpha value is -3.12. The van der Waals surface area contributed by atoms with Crippen molar-refractivity contribution < 1.29 is 9.59 Å². The van der Waals surface area contributed by atoms with Gasteiger partial charge in [-0.05, 0) is 36.4 Å². The lowest BCUT2D eigenvalue weighted by molar-refractivity contribution is 0.0844. The molecular weight excluding hydrogens is 334 g/mol. The first-order chi connectivity index (χ1) is 12.2. The van der Waals surface area contributed by atoms with E-state index in [1.54, 1.807) is 42.6 Å². The SMILES string of the molecule is O=C(NNC(=O)c1cccnc1Sc1ccccc1)c1ccccc1. The highest BCUT2D eigenvalue weighted by molar-refractivity contribution is 7.99. The highest BCUT2D eigenvalue weighted by Gasteiger charge is 2.14. The number of pyridine rings is 1. The van der Waals surface area contributed by atoms with Gasteiger partial charge in [-0.3, -0.25) is 20.4 Å². The number of carbonyl (C=O) groups is 2. The van der Waals surface area contributed by atoms with Crippen molar-refractivity contribution in [2.45, 2.75) is 9.92 Å². The smallest absolute Gasteiger partial charge is 0.267 e. The van der Waals surface area contributed by atoms with Crippen LogP contribution >= 0.6 is 11.8 Å². The third kappa shape index (κ3) is 4.45. The second kappa shape index (κ2) is 8.12. The molecule has 0 unspecified atom stereocenters. The number of rotatable bonds is 4. The van der Waals surface area contributed by atoms with Gasteiger partial charge in [-0.2, -0.15) is 0 Å². The molecule has 5 nitrogen and oxygen atoms in total. The molecule has 0 saturated carbocycles. The van der Waals surface area contributed by atoms with Gasteiger partial charge in [0.25, 0.3) is 11.8 Å². The molecule has 124 valence electrons. The molecular formula is C19H15N3O2S. The van der Waals surface area contributed by atoms with Crippen LogP contribution in [0.2, 0.25) is 0 Å². The average molecular weight is 349 g/mol. The Morgan fingerprint density at radius 2 is 1.40 bits per heavy atom. The van der Waals surface area contributed by atoms with Crippen molar-refractivity contribution in [2.24, 2.45) is 0 Å².